The summed E-state index contributed by atoms with van der Waals surface area (Å²) in [5.74, 6) is -1.50. The first-order chi connectivity index (χ1) is 7.99. The number of aromatic nitrogens is 1. The maximum atomic E-state index is 11.5. The number of carboxylic acids is 1. The van der Waals surface area contributed by atoms with E-state index < -0.39 is 5.97 Å². The Morgan fingerprint density at radius 1 is 1.65 bits per heavy atom. The van der Waals surface area contributed by atoms with Crippen molar-refractivity contribution in [2.45, 2.75) is 6.92 Å². The lowest BCUT2D eigenvalue weighted by Gasteiger charge is -2.21. The van der Waals surface area contributed by atoms with Gasteiger partial charge < -0.3 is 10.0 Å². The Kier molecular flexibility index (Phi) is 4.23. The molecule has 6 heteroatoms. The van der Waals surface area contributed by atoms with Crippen molar-refractivity contribution in [3.63, 3.8) is 0 Å². The van der Waals surface area contributed by atoms with Gasteiger partial charge in [0.1, 0.15) is 0 Å². The molecule has 0 saturated carbocycles. The normalized spacial score (nSPS) is 9.76. The summed E-state index contributed by atoms with van der Waals surface area (Å²) in [6.07, 6.45) is 2.76. The Balaban J connectivity index is 3.39. The van der Waals surface area contributed by atoms with Gasteiger partial charge in [0.2, 0.25) is 5.91 Å². The van der Waals surface area contributed by atoms with Crippen LogP contribution in [0.2, 0.25) is 5.15 Å². The van der Waals surface area contributed by atoms with E-state index >= 15 is 0 Å². The van der Waals surface area contributed by atoms with Gasteiger partial charge in [-0.1, -0.05) is 17.7 Å². The van der Waals surface area contributed by atoms with Gasteiger partial charge in [0, 0.05) is 19.7 Å². The van der Waals surface area contributed by atoms with Crippen LogP contribution in [0.15, 0.2) is 24.9 Å². The van der Waals surface area contributed by atoms with E-state index in [0.717, 1.165) is 0 Å². The number of carbonyl (C=O) groups excluding carboxylic acids is 1. The molecule has 0 bridgehead atoms. The third-order valence-corrected chi connectivity index (χ3v) is 2.35. The molecule has 17 heavy (non-hydrogen) atoms. The lowest BCUT2D eigenvalue weighted by Crippen LogP contribution is -2.30. The molecule has 1 aromatic rings. The SMILES string of the molecule is C=CCN(C(C)=O)c1c(C(=O)O)ccnc1Cl. The van der Waals surface area contributed by atoms with E-state index in [9.17, 15) is 9.59 Å². The van der Waals surface area contributed by atoms with Crippen LogP contribution in [0.3, 0.4) is 0 Å². The second-order valence-electron chi connectivity index (χ2n) is 3.22. The van der Waals surface area contributed by atoms with Crippen LogP contribution in [0.5, 0.6) is 0 Å². The number of anilines is 1. The molecule has 1 heterocycles. The predicted octanol–water partition coefficient (Wildman–Crippen LogP) is 1.97. The van der Waals surface area contributed by atoms with Crippen molar-refractivity contribution in [3.05, 3.63) is 35.6 Å². The number of hydrogen-bond acceptors (Lipinski definition) is 3. The molecular weight excluding hydrogens is 244 g/mol. The second-order valence-corrected chi connectivity index (χ2v) is 3.58. The zero-order valence-corrected chi connectivity index (χ0v) is 9.94. The molecule has 1 N–H and O–H groups in total. The van der Waals surface area contributed by atoms with Crippen LogP contribution in [-0.4, -0.2) is 28.5 Å². The largest absolute Gasteiger partial charge is 0.478 e. The topological polar surface area (TPSA) is 70.5 Å². The van der Waals surface area contributed by atoms with Crippen LogP contribution in [0, 0.1) is 0 Å². The number of carbonyl (C=O) groups is 2. The molecular formula is C11H11ClN2O3. The summed E-state index contributed by atoms with van der Waals surface area (Å²) in [6, 6.07) is 1.29. The molecule has 0 aliphatic rings. The summed E-state index contributed by atoms with van der Waals surface area (Å²) >= 11 is 5.85. The highest BCUT2D eigenvalue weighted by Gasteiger charge is 2.21. The van der Waals surface area contributed by atoms with Crippen LogP contribution in [0.25, 0.3) is 0 Å². The van der Waals surface area contributed by atoms with Crippen LogP contribution >= 0.6 is 11.6 Å². The zero-order valence-electron chi connectivity index (χ0n) is 9.18. The van der Waals surface area contributed by atoms with Gasteiger partial charge in [0.25, 0.3) is 0 Å². The highest BCUT2D eigenvalue weighted by Crippen LogP contribution is 2.28. The minimum absolute atomic E-state index is 0.0260. The van der Waals surface area contributed by atoms with Gasteiger partial charge in [-0.2, -0.15) is 0 Å². The summed E-state index contributed by atoms with van der Waals surface area (Å²) in [5, 5.41) is 9.01. The van der Waals surface area contributed by atoms with E-state index in [0.29, 0.717) is 0 Å². The average molecular weight is 255 g/mol. The van der Waals surface area contributed by atoms with E-state index in [2.05, 4.69) is 11.6 Å². The number of carboxylic acid groups (broad SMARTS) is 1. The lowest BCUT2D eigenvalue weighted by molar-refractivity contribution is -0.116. The molecule has 90 valence electrons. The Bertz CT molecular complexity index is 474. The van der Waals surface area contributed by atoms with Crippen LogP contribution in [-0.2, 0) is 4.79 Å². The van der Waals surface area contributed by atoms with Gasteiger partial charge in [-0.25, -0.2) is 9.78 Å². The highest BCUT2D eigenvalue weighted by atomic mass is 35.5. The van der Waals surface area contributed by atoms with Gasteiger partial charge in [0.05, 0.1) is 11.3 Å². The fourth-order valence-electron chi connectivity index (χ4n) is 1.36. The summed E-state index contributed by atoms with van der Waals surface area (Å²) in [6.45, 7) is 4.99. The molecule has 0 atom stereocenters. The highest BCUT2D eigenvalue weighted by molar-refractivity contribution is 6.33. The maximum absolute atomic E-state index is 11.5. The number of nitrogens with zero attached hydrogens (tertiary/aromatic N) is 2. The molecule has 0 radical (unpaired) electrons. The van der Waals surface area contributed by atoms with E-state index in [1.807, 2.05) is 0 Å². The van der Waals surface area contributed by atoms with Gasteiger partial charge in [-0.3, -0.25) is 4.79 Å². The van der Waals surface area contributed by atoms with Gasteiger partial charge in [0.15, 0.2) is 5.15 Å². The lowest BCUT2D eigenvalue weighted by atomic mass is 10.2. The Labute approximate surface area is 103 Å². The van der Waals surface area contributed by atoms with Crippen molar-refractivity contribution in [2.75, 3.05) is 11.4 Å². The number of halogens is 1. The van der Waals surface area contributed by atoms with Crippen molar-refractivity contribution in [1.82, 2.24) is 4.98 Å². The second kappa shape index (κ2) is 5.45. The first-order valence-corrected chi connectivity index (χ1v) is 5.13. The van der Waals surface area contributed by atoms with Crippen molar-refractivity contribution in [1.29, 1.82) is 0 Å². The third-order valence-electron chi connectivity index (χ3n) is 2.07. The quantitative estimate of drug-likeness (QED) is 0.659. The van der Waals surface area contributed by atoms with Crippen molar-refractivity contribution in [3.8, 4) is 0 Å². The van der Waals surface area contributed by atoms with Crippen molar-refractivity contribution in [2.24, 2.45) is 0 Å². The van der Waals surface area contributed by atoms with Crippen LogP contribution in [0.1, 0.15) is 17.3 Å². The Hall–Kier alpha value is -1.88. The molecule has 0 aliphatic heterocycles. The molecule has 1 rings (SSSR count). The monoisotopic (exact) mass is 254 g/mol. The molecule has 0 spiro atoms. The molecule has 1 aromatic heterocycles. The molecule has 0 aliphatic carbocycles. The van der Waals surface area contributed by atoms with Crippen LogP contribution in [0.4, 0.5) is 5.69 Å². The first-order valence-electron chi connectivity index (χ1n) is 4.75. The maximum Gasteiger partial charge on any atom is 0.337 e. The van der Waals surface area contributed by atoms with Crippen molar-refractivity contribution >= 4 is 29.2 Å². The van der Waals surface area contributed by atoms with Gasteiger partial charge in [-0.05, 0) is 6.07 Å². The first kappa shape index (κ1) is 13.2. The number of hydrogen-bond donors (Lipinski definition) is 1. The Morgan fingerprint density at radius 3 is 2.76 bits per heavy atom. The van der Waals surface area contributed by atoms with Crippen molar-refractivity contribution < 1.29 is 14.7 Å². The molecule has 1 amide bonds. The Morgan fingerprint density at radius 2 is 2.29 bits per heavy atom. The molecule has 0 unspecified atom stereocenters. The number of aromatic carboxylic acids is 1. The predicted molar refractivity (Wildman–Crippen MR) is 64.4 cm³/mol. The summed E-state index contributed by atoms with van der Waals surface area (Å²) in [7, 11) is 0. The zero-order chi connectivity index (χ0) is 13.0. The van der Waals surface area contributed by atoms with E-state index in [-0.39, 0.29) is 28.9 Å². The standard InChI is InChI=1S/C11H11ClN2O3/c1-3-6-14(7(2)15)9-8(11(16)17)4-5-13-10(9)12/h3-5H,1,6H2,2H3,(H,16,17). The van der Waals surface area contributed by atoms with E-state index in [1.165, 1.54) is 30.2 Å². The smallest absolute Gasteiger partial charge is 0.337 e. The van der Waals surface area contributed by atoms with Gasteiger partial charge in [-0.15, -0.1) is 6.58 Å². The molecule has 5 nitrogen and oxygen atoms in total. The number of rotatable bonds is 4. The fourth-order valence-corrected chi connectivity index (χ4v) is 1.62. The minimum atomic E-state index is -1.17. The van der Waals surface area contributed by atoms with Gasteiger partial charge >= 0.3 is 5.97 Å². The number of amides is 1. The number of pyridine rings is 1. The third kappa shape index (κ3) is 2.82. The fraction of sp³-hybridized carbons (Fsp3) is 0.182. The van der Waals surface area contributed by atoms with Crippen LogP contribution < -0.4 is 4.90 Å². The van der Waals surface area contributed by atoms with E-state index in [1.54, 1.807) is 0 Å². The molecule has 0 aromatic carbocycles. The average Bonchev–Trinajstić information content (AvgIpc) is 2.25. The summed E-state index contributed by atoms with van der Waals surface area (Å²) < 4.78 is 0. The minimum Gasteiger partial charge on any atom is -0.478 e. The molecule has 0 fully saturated rings. The molecule has 0 saturated heterocycles. The summed E-state index contributed by atoms with van der Waals surface area (Å²) in [4.78, 5) is 27.5. The summed E-state index contributed by atoms with van der Waals surface area (Å²) in [5.41, 5.74) is 0.0242. The van der Waals surface area contributed by atoms with E-state index in [4.69, 9.17) is 16.7 Å².